The molecule has 0 heterocycles. The Morgan fingerprint density at radius 2 is 1.81 bits per heavy atom. The van der Waals surface area contributed by atoms with Gasteiger partial charge >= 0.3 is 11.9 Å². The van der Waals surface area contributed by atoms with E-state index in [-0.39, 0.29) is 17.4 Å². The molecular weight excluding hydrogens is 452 g/mol. The predicted octanol–water partition coefficient (Wildman–Crippen LogP) is 6.22. The van der Waals surface area contributed by atoms with Gasteiger partial charge in [0.1, 0.15) is 11.5 Å². The van der Waals surface area contributed by atoms with Crippen molar-refractivity contribution < 1.29 is 23.9 Å². The molecule has 0 saturated heterocycles. The molecule has 2 fully saturated rings. The van der Waals surface area contributed by atoms with Crippen molar-refractivity contribution in [3.05, 3.63) is 64.7 Å². The third kappa shape index (κ3) is 4.72. The molecule has 2 aromatic rings. The minimum Gasteiger partial charge on any atom is -0.465 e. The Balaban J connectivity index is 1.12. The topological polar surface area (TPSA) is 69.7 Å². The third-order valence-corrected chi connectivity index (χ3v) is 9.11. The van der Waals surface area contributed by atoms with Crippen LogP contribution in [0.15, 0.2) is 42.5 Å². The van der Waals surface area contributed by atoms with Crippen molar-refractivity contribution in [2.24, 2.45) is 17.3 Å². The molecule has 5 heteroatoms. The van der Waals surface area contributed by atoms with Crippen LogP contribution in [0.25, 0.3) is 0 Å². The van der Waals surface area contributed by atoms with Crippen LogP contribution in [0.2, 0.25) is 0 Å². The molecule has 190 valence electrons. The van der Waals surface area contributed by atoms with Gasteiger partial charge in [-0.15, -0.1) is 0 Å². The van der Waals surface area contributed by atoms with Crippen LogP contribution in [0.1, 0.15) is 91.3 Å². The summed E-state index contributed by atoms with van der Waals surface area (Å²) >= 11 is 0. The van der Waals surface area contributed by atoms with Gasteiger partial charge in [0, 0.05) is 18.3 Å². The number of carbonyl (C=O) groups excluding carboxylic acids is 3. The molecule has 0 aromatic heterocycles. The van der Waals surface area contributed by atoms with Gasteiger partial charge in [-0.05, 0) is 110 Å². The SMILES string of the molecule is COC(=O)c1ccc(CCCCC(=O)Oc2ccc3c(c2)CC[C@@H]2[C@@H]3CC[C@]3(C)C(=O)CC[C@@H]23)cc1. The van der Waals surface area contributed by atoms with Crippen LogP contribution in [-0.4, -0.2) is 24.8 Å². The molecular formula is C31H36O5. The van der Waals surface area contributed by atoms with E-state index in [0.29, 0.717) is 41.3 Å². The Kier molecular flexibility index (Phi) is 7.00. The summed E-state index contributed by atoms with van der Waals surface area (Å²) in [5, 5.41) is 0. The second-order valence-corrected chi connectivity index (χ2v) is 11.1. The maximum absolute atomic E-state index is 12.5. The predicted molar refractivity (Wildman–Crippen MR) is 137 cm³/mol. The first-order chi connectivity index (χ1) is 17.4. The first kappa shape index (κ1) is 24.7. The van der Waals surface area contributed by atoms with E-state index in [2.05, 4.69) is 19.1 Å². The fourth-order valence-electron chi connectivity index (χ4n) is 7.10. The van der Waals surface area contributed by atoms with E-state index < -0.39 is 0 Å². The molecule has 36 heavy (non-hydrogen) atoms. The summed E-state index contributed by atoms with van der Waals surface area (Å²) in [6, 6.07) is 13.6. The highest BCUT2D eigenvalue weighted by atomic mass is 16.5. The molecule has 2 aromatic carbocycles. The zero-order valence-corrected chi connectivity index (χ0v) is 21.4. The molecule has 0 amide bonds. The molecule has 0 radical (unpaired) electrons. The van der Waals surface area contributed by atoms with E-state index >= 15 is 0 Å². The molecule has 3 aliphatic rings. The maximum Gasteiger partial charge on any atom is 0.337 e. The number of carbonyl (C=O) groups is 3. The van der Waals surface area contributed by atoms with Crippen molar-refractivity contribution >= 4 is 17.7 Å². The summed E-state index contributed by atoms with van der Waals surface area (Å²) in [6.07, 6.45) is 8.89. The fourth-order valence-corrected chi connectivity index (χ4v) is 7.10. The number of aryl methyl sites for hydroxylation is 2. The van der Waals surface area contributed by atoms with Crippen molar-refractivity contribution in [3.63, 3.8) is 0 Å². The first-order valence-corrected chi connectivity index (χ1v) is 13.4. The Morgan fingerprint density at radius 3 is 2.58 bits per heavy atom. The van der Waals surface area contributed by atoms with Crippen molar-refractivity contribution in [1.82, 2.24) is 0 Å². The number of ketones is 1. The second-order valence-electron chi connectivity index (χ2n) is 11.1. The molecule has 4 atom stereocenters. The smallest absolute Gasteiger partial charge is 0.337 e. The van der Waals surface area contributed by atoms with Crippen LogP contribution in [0, 0.1) is 17.3 Å². The first-order valence-electron chi connectivity index (χ1n) is 13.4. The lowest BCUT2D eigenvalue weighted by Crippen LogP contribution is -2.42. The van der Waals surface area contributed by atoms with Gasteiger partial charge in [0.05, 0.1) is 12.7 Å². The Labute approximate surface area is 213 Å². The third-order valence-electron chi connectivity index (χ3n) is 9.11. The fraction of sp³-hybridized carbons (Fsp3) is 0.516. The summed E-state index contributed by atoms with van der Waals surface area (Å²) in [6.45, 7) is 2.21. The lowest BCUT2D eigenvalue weighted by molar-refractivity contribution is -0.134. The van der Waals surface area contributed by atoms with Gasteiger partial charge in [0.2, 0.25) is 0 Å². The standard InChI is InChI=1S/C31H36O5/c1-31-18-17-25-24-14-12-23(19-22(24)11-13-26(25)27(31)15-16-28(31)32)36-29(33)6-4-3-5-20-7-9-21(10-8-20)30(34)35-2/h7-10,12,14,19,25-27H,3-6,11,13,15-18H2,1-2H3/t25-,26-,27+,31+/m1/s1. The number of hydrogen-bond acceptors (Lipinski definition) is 5. The number of hydrogen-bond donors (Lipinski definition) is 0. The van der Waals surface area contributed by atoms with Gasteiger partial charge in [0.25, 0.3) is 0 Å². The monoisotopic (exact) mass is 488 g/mol. The number of benzene rings is 2. The summed E-state index contributed by atoms with van der Waals surface area (Å²) in [5.74, 6) is 2.26. The number of fused-ring (bicyclic) bond motifs is 5. The van der Waals surface area contributed by atoms with Gasteiger partial charge < -0.3 is 9.47 Å². The summed E-state index contributed by atoms with van der Waals surface area (Å²) in [7, 11) is 1.37. The average molecular weight is 489 g/mol. The van der Waals surface area contributed by atoms with Crippen LogP contribution in [-0.2, 0) is 27.2 Å². The zero-order valence-electron chi connectivity index (χ0n) is 21.4. The van der Waals surface area contributed by atoms with Gasteiger partial charge in [-0.3, -0.25) is 9.59 Å². The highest BCUT2D eigenvalue weighted by Gasteiger charge is 2.54. The van der Waals surface area contributed by atoms with Crippen LogP contribution in [0.4, 0.5) is 0 Å². The second kappa shape index (κ2) is 10.2. The lowest BCUT2D eigenvalue weighted by atomic mass is 9.55. The van der Waals surface area contributed by atoms with Gasteiger partial charge in [-0.25, -0.2) is 4.79 Å². The maximum atomic E-state index is 12.5. The van der Waals surface area contributed by atoms with Crippen LogP contribution in [0.3, 0.4) is 0 Å². The highest BCUT2D eigenvalue weighted by molar-refractivity contribution is 5.89. The molecule has 0 unspecified atom stereocenters. The van der Waals surface area contributed by atoms with Crippen molar-refractivity contribution in [1.29, 1.82) is 0 Å². The molecule has 2 saturated carbocycles. The van der Waals surface area contributed by atoms with E-state index in [0.717, 1.165) is 63.4 Å². The van der Waals surface area contributed by atoms with Crippen LogP contribution in [0.5, 0.6) is 5.75 Å². The van der Waals surface area contributed by atoms with Gasteiger partial charge in [0.15, 0.2) is 0 Å². The van der Waals surface area contributed by atoms with E-state index in [9.17, 15) is 14.4 Å². The largest absolute Gasteiger partial charge is 0.465 e. The summed E-state index contributed by atoms with van der Waals surface area (Å²) in [4.78, 5) is 36.5. The van der Waals surface area contributed by atoms with Crippen LogP contribution >= 0.6 is 0 Å². The van der Waals surface area contributed by atoms with E-state index in [4.69, 9.17) is 9.47 Å². The average Bonchev–Trinajstić information content (AvgIpc) is 3.20. The molecule has 5 nitrogen and oxygen atoms in total. The Morgan fingerprint density at radius 1 is 1.00 bits per heavy atom. The number of methoxy groups -OCH3 is 1. The summed E-state index contributed by atoms with van der Waals surface area (Å²) in [5.41, 5.74) is 4.30. The quantitative estimate of drug-likeness (QED) is 0.263. The number of unbranched alkanes of at least 4 members (excludes halogenated alkanes) is 1. The molecule has 0 spiro atoms. The Bertz CT molecular complexity index is 1150. The highest BCUT2D eigenvalue weighted by Crippen LogP contribution is 2.59. The van der Waals surface area contributed by atoms with Crippen molar-refractivity contribution in [3.8, 4) is 5.75 Å². The van der Waals surface area contributed by atoms with Crippen LogP contribution < -0.4 is 4.74 Å². The van der Waals surface area contributed by atoms with Crippen molar-refractivity contribution in [2.45, 2.75) is 77.0 Å². The molecule has 0 aliphatic heterocycles. The summed E-state index contributed by atoms with van der Waals surface area (Å²) < 4.78 is 10.4. The molecule has 0 N–H and O–H groups in total. The minimum atomic E-state index is -0.335. The van der Waals surface area contributed by atoms with E-state index in [1.165, 1.54) is 18.2 Å². The Hall–Kier alpha value is -2.95. The minimum absolute atomic E-state index is 0.0966. The zero-order chi connectivity index (χ0) is 25.3. The van der Waals surface area contributed by atoms with Crippen molar-refractivity contribution in [2.75, 3.05) is 7.11 Å². The number of esters is 2. The normalized spacial score (nSPS) is 26.5. The van der Waals surface area contributed by atoms with Gasteiger partial charge in [-0.1, -0.05) is 25.1 Å². The van der Waals surface area contributed by atoms with E-state index in [1.807, 2.05) is 18.2 Å². The lowest BCUT2D eigenvalue weighted by Gasteiger charge is -2.48. The number of Topliss-reactive ketones (excluding diaryl/α,β-unsaturated/α-hetero) is 1. The van der Waals surface area contributed by atoms with E-state index in [1.54, 1.807) is 12.1 Å². The molecule has 3 aliphatic carbocycles. The molecule has 0 bridgehead atoms. The molecule has 5 rings (SSSR count). The number of ether oxygens (including phenoxy) is 2. The van der Waals surface area contributed by atoms with Gasteiger partial charge in [-0.2, -0.15) is 0 Å². The number of rotatable bonds is 7.